The number of thioether (sulfide) groups is 1. The van der Waals surface area contributed by atoms with E-state index in [1.54, 1.807) is 17.4 Å². The van der Waals surface area contributed by atoms with Crippen molar-refractivity contribution in [2.75, 3.05) is 0 Å². The zero-order valence-corrected chi connectivity index (χ0v) is 15.0. The average molecular weight is 362 g/mol. The molecule has 126 valence electrons. The van der Waals surface area contributed by atoms with E-state index in [1.807, 2.05) is 6.92 Å². The molecule has 1 fully saturated rings. The van der Waals surface area contributed by atoms with Crippen LogP contribution in [0.25, 0.3) is 4.96 Å². The first kappa shape index (κ1) is 15.8. The third-order valence-corrected chi connectivity index (χ3v) is 6.15. The lowest BCUT2D eigenvalue weighted by molar-refractivity contribution is 0.439. The lowest BCUT2D eigenvalue weighted by Gasteiger charge is -2.18. The maximum atomic E-state index is 12.3. The molecule has 3 heterocycles. The molecule has 1 N–H and O–H groups in total. The van der Waals surface area contributed by atoms with Gasteiger partial charge in [-0.25, -0.2) is 9.97 Å². The second-order valence-electron chi connectivity index (χ2n) is 6.05. The standard InChI is InChI=1S/C15H18N6OS2/c1-9-16-14(19-18-9)23-8-11-7-12(22)21-15(17-11)24-13(20-21)10-5-3-2-4-6-10/h7,10H,2-6,8H2,1H3,(H,16,18,19). The van der Waals surface area contributed by atoms with Crippen molar-refractivity contribution in [2.24, 2.45) is 0 Å². The molecule has 0 unspecified atom stereocenters. The number of fused-ring (bicyclic) bond motifs is 1. The van der Waals surface area contributed by atoms with Gasteiger partial charge in [0.15, 0.2) is 0 Å². The minimum Gasteiger partial charge on any atom is -0.267 e. The minimum atomic E-state index is -0.111. The number of hydrogen-bond donors (Lipinski definition) is 1. The molecule has 1 aliphatic carbocycles. The second-order valence-corrected chi connectivity index (χ2v) is 7.98. The molecule has 0 bridgehead atoms. The zero-order valence-electron chi connectivity index (χ0n) is 13.4. The van der Waals surface area contributed by atoms with Crippen molar-refractivity contribution >= 4 is 28.1 Å². The van der Waals surface area contributed by atoms with Crippen LogP contribution < -0.4 is 5.56 Å². The predicted octanol–water partition coefficient (Wildman–Crippen LogP) is 2.92. The van der Waals surface area contributed by atoms with E-state index in [9.17, 15) is 4.79 Å². The predicted molar refractivity (Wildman–Crippen MR) is 93.6 cm³/mol. The summed E-state index contributed by atoms with van der Waals surface area (Å²) in [5.74, 6) is 1.83. The van der Waals surface area contributed by atoms with Gasteiger partial charge in [-0.1, -0.05) is 42.4 Å². The number of aromatic amines is 1. The van der Waals surface area contributed by atoms with E-state index in [0.29, 0.717) is 21.8 Å². The van der Waals surface area contributed by atoms with Crippen LogP contribution in [-0.2, 0) is 5.75 Å². The lowest BCUT2D eigenvalue weighted by Crippen LogP contribution is -2.15. The number of rotatable bonds is 4. The molecule has 0 spiro atoms. The summed E-state index contributed by atoms with van der Waals surface area (Å²) in [5, 5.41) is 13.1. The lowest BCUT2D eigenvalue weighted by atomic mass is 9.90. The molecule has 3 aromatic heterocycles. The molecule has 0 radical (unpaired) electrons. The fourth-order valence-electron chi connectivity index (χ4n) is 2.98. The number of aromatic nitrogens is 6. The van der Waals surface area contributed by atoms with Gasteiger partial charge in [0.25, 0.3) is 5.56 Å². The van der Waals surface area contributed by atoms with E-state index in [-0.39, 0.29) is 5.56 Å². The highest BCUT2D eigenvalue weighted by Crippen LogP contribution is 2.34. The Kier molecular flexibility index (Phi) is 4.36. The Bertz CT molecular complexity index is 908. The molecule has 0 aliphatic heterocycles. The van der Waals surface area contributed by atoms with Gasteiger partial charge in [0, 0.05) is 17.7 Å². The number of H-pyrrole nitrogens is 1. The molecular formula is C15H18N6OS2. The summed E-state index contributed by atoms with van der Waals surface area (Å²) in [5.41, 5.74) is 0.631. The molecule has 7 nitrogen and oxygen atoms in total. The summed E-state index contributed by atoms with van der Waals surface area (Å²) in [6.07, 6.45) is 6.15. The van der Waals surface area contributed by atoms with Crippen molar-refractivity contribution in [3.8, 4) is 0 Å². The fraction of sp³-hybridized carbons (Fsp3) is 0.533. The third kappa shape index (κ3) is 3.23. The Morgan fingerprint density at radius 3 is 2.92 bits per heavy atom. The van der Waals surface area contributed by atoms with Gasteiger partial charge in [0.05, 0.1) is 5.69 Å². The van der Waals surface area contributed by atoms with Crippen molar-refractivity contribution in [3.63, 3.8) is 0 Å². The molecule has 3 aromatic rings. The monoisotopic (exact) mass is 362 g/mol. The van der Waals surface area contributed by atoms with E-state index in [0.717, 1.165) is 16.5 Å². The highest BCUT2D eigenvalue weighted by atomic mass is 32.2. The zero-order chi connectivity index (χ0) is 16.5. The fourth-order valence-corrected chi connectivity index (χ4v) is 4.81. The molecule has 1 aliphatic rings. The molecule has 0 atom stereocenters. The van der Waals surface area contributed by atoms with Gasteiger partial charge in [0.1, 0.15) is 10.8 Å². The summed E-state index contributed by atoms with van der Waals surface area (Å²) in [6.45, 7) is 1.86. The maximum absolute atomic E-state index is 12.3. The quantitative estimate of drug-likeness (QED) is 0.718. The summed E-state index contributed by atoms with van der Waals surface area (Å²) < 4.78 is 1.44. The molecule has 9 heteroatoms. The second kappa shape index (κ2) is 6.64. The number of nitrogens with one attached hydrogen (secondary N) is 1. The van der Waals surface area contributed by atoms with E-state index < -0.39 is 0 Å². The van der Waals surface area contributed by atoms with E-state index in [1.165, 1.54) is 48.4 Å². The highest BCUT2D eigenvalue weighted by molar-refractivity contribution is 7.98. The van der Waals surface area contributed by atoms with E-state index in [2.05, 4.69) is 25.3 Å². The van der Waals surface area contributed by atoms with E-state index in [4.69, 9.17) is 0 Å². The Labute approximate surface area is 146 Å². The van der Waals surface area contributed by atoms with Gasteiger partial charge in [-0.2, -0.15) is 9.61 Å². The van der Waals surface area contributed by atoms with E-state index >= 15 is 0 Å². The summed E-state index contributed by atoms with van der Waals surface area (Å²) in [4.78, 5) is 21.9. The van der Waals surface area contributed by atoms with Crippen LogP contribution in [0.4, 0.5) is 0 Å². The number of aryl methyl sites for hydroxylation is 1. The summed E-state index contributed by atoms with van der Waals surface area (Å²) in [6, 6.07) is 1.56. The van der Waals surface area contributed by atoms with Gasteiger partial charge in [-0.3, -0.25) is 9.89 Å². The molecule has 0 amide bonds. The molecule has 4 rings (SSSR count). The van der Waals surface area contributed by atoms with Gasteiger partial charge in [-0.05, 0) is 19.8 Å². The van der Waals surface area contributed by atoms with Crippen molar-refractivity contribution in [1.29, 1.82) is 0 Å². The summed E-state index contributed by atoms with van der Waals surface area (Å²) >= 11 is 3.02. The van der Waals surface area contributed by atoms with Crippen LogP contribution in [0, 0.1) is 6.92 Å². The highest BCUT2D eigenvalue weighted by Gasteiger charge is 2.20. The van der Waals surface area contributed by atoms with Crippen LogP contribution in [0.5, 0.6) is 0 Å². The normalized spacial score (nSPS) is 16.0. The van der Waals surface area contributed by atoms with Gasteiger partial charge < -0.3 is 0 Å². The van der Waals surface area contributed by atoms with Crippen LogP contribution in [0.15, 0.2) is 16.0 Å². The molecular weight excluding hydrogens is 344 g/mol. The first-order valence-electron chi connectivity index (χ1n) is 8.10. The van der Waals surface area contributed by atoms with Gasteiger partial charge in [-0.15, -0.1) is 5.10 Å². The molecule has 1 saturated carbocycles. The van der Waals surface area contributed by atoms with Crippen molar-refractivity contribution in [3.05, 3.63) is 32.9 Å². The first-order valence-corrected chi connectivity index (χ1v) is 9.91. The van der Waals surface area contributed by atoms with Gasteiger partial charge >= 0.3 is 0 Å². The topological polar surface area (TPSA) is 88.8 Å². The number of nitrogens with zero attached hydrogens (tertiary/aromatic N) is 5. The maximum Gasteiger partial charge on any atom is 0.275 e. The Morgan fingerprint density at radius 1 is 1.33 bits per heavy atom. The molecule has 24 heavy (non-hydrogen) atoms. The SMILES string of the molecule is Cc1nc(SCc2cc(=O)n3nc(C4CCCCC4)sc3n2)n[nH]1. The Balaban J connectivity index is 1.57. The summed E-state index contributed by atoms with van der Waals surface area (Å²) in [7, 11) is 0. The minimum absolute atomic E-state index is 0.111. The van der Waals surface area contributed by atoms with Crippen molar-refractivity contribution in [1.82, 2.24) is 29.8 Å². The Hall–Kier alpha value is -1.74. The average Bonchev–Trinajstić information content (AvgIpc) is 3.20. The van der Waals surface area contributed by atoms with Gasteiger partial charge in [0.2, 0.25) is 10.1 Å². The van der Waals surface area contributed by atoms with Crippen LogP contribution in [0.1, 0.15) is 54.5 Å². The smallest absolute Gasteiger partial charge is 0.267 e. The van der Waals surface area contributed by atoms with Crippen LogP contribution in [0.2, 0.25) is 0 Å². The van der Waals surface area contributed by atoms with Crippen molar-refractivity contribution in [2.45, 2.75) is 55.9 Å². The first-order chi connectivity index (χ1) is 11.7. The molecule has 0 aromatic carbocycles. The van der Waals surface area contributed by atoms with Crippen LogP contribution in [0.3, 0.4) is 0 Å². The van der Waals surface area contributed by atoms with Crippen molar-refractivity contribution < 1.29 is 0 Å². The number of hydrogen-bond acceptors (Lipinski definition) is 7. The third-order valence-electron chi connectivity index (χ3n) is 4.19. The Morgan fingerprint density at radius 2 is 2.17 bits per heavy atom. The van der Waals surface area contributed by atoms with Crippen LogP contribution in [-0.4, -0.2) is 29.8 Å². The van der Waals surface area contributed by atoms with Crippen LogP contribution >= 0.6 is 23.1 Å². The molecule has 0 saturated heterocycles. The largest absolute Gasteiger partial charge is 0.275 e.